The third-order valence-electron chi connectivity index (χ3n) is 4.44. The number of phenols is 2. The maximum atomic E-state index is 11.4. The highest BCUT2D eigenvalue weighted by Crippen LogP contribution is 2.50. The molecular weight excluding hydrogens is 306 g/mol. The van der Waals surface area contributed by atoms with E-state index in [4.69, 9.17) is 0 Å². The van der Waals surface area contributed by atoms with Crippen LogP contribution in [0.4, 0.5) is 5.69 Å². The molecule has 1 fully saturated rings. The fraction of sp³-hybridized carbons (Fsp3) is 0.263. The van der Waals surface area contributed by atoms with Crippen LogP contribution in [0.3, 0.4) is 0 Å². The van der Waals surface area contributed by atoms with Crippen LogP contribution < -0.4 is 4.90 Å². The van der Waals surface area contributed by atoms with Crippen molar-refractivity contribution < 1.29 is 19.8 Å². The van der Waals surface area contributed by atoms with Gasteiger partial charge in [-0.05, 0) is 41.8 Å². The molecule has 1 saturated heterocycles. The quantitative estimate of drug-likeness (QED) is 0.652. The zero-order valence-electron chi connectivity index (χ0n) is 13.5. The van der Waals surface area contributed by atoms with Crippen molar-refractivity contribution in [2.75, 3.05) is 4.90 Å². The highest BCUT2D eigenvalue weighted by Gasteiger charge is 2.50. The minimum absolute atomic E-state index is 0.0271. The lowest BCUT2D eigenvalue weighted by molar-refractivity contribution is -0.107. The molecule has 2 atom stereocenters. The Hall–Kier alpha value is -2.82. The van der Waals surface area contributed by atoms with Crippen molar-refractivity contribution in [3.63, 3.8) is 0 Å². The summed E-state index contributed by atoms with van der Waals surface area (Å²) in [4.78, 5) is 24.1. The van der Waals surface area contributed by atoms with Gasteiger partial charge < -0.3 is 19.9 Å². The van der Waals surface area contributed by atoms with Gasteiger partial charge in [0.05, 0.1) is 6.04 Å². The normalized spacial score (nSPS) is 19.4. The van der Waals surface area contributed by atoms with Crippen molar-refractivity contribution in [3.05, 3.63) is 53.1 Å². The number of rotatable bonds is 5. The smallest absolute Gasteiger partial charge is 0.150 e. The van der Waals surface area contributed by atoms with Crippen LogP contribution in [-0.2, 0) is 4.79 Å². The third-order valence-corrected chi connectivity index (χ3v) is 4.44. The number of hydrogen-bond donors (Lipinski definition) is 2. The van der Waals surface area contributed by atoms with Crippen LogP contribution in [0.15, 0.2) is 36.4 Å². The molecular formula is C19H19NO4. The van der Waals surface area contributed by atoms with E-state index in [1.165, 1.54) is 6.07 Å². The summed E-state index contributed by atoms with van der Waals surface area (Å²) in [6, 6.07) is 9.38. The first kappa shape index (κ1) is 16.1. The molecule has 0 saturated carbocycles. The van der Waals surface area contributed by atoms with Gasteiger partial charge in [-0.3, -0.25) is 4.79 Å². The zero-order valence-corrected chi connectivity index (χ0v) is 13.5. The second-order valence-corrected chi connectivity index (χ2v) is 6.31. The van der Waals surface area contributed by atoms with E-state index < -0.39 is 0 Å². The van der Waals surface area contributed by atoms with Crippen LogP contribution in [0, 0.1) is 0 Å². The molecule has 0 amide bonds. The molecule has 0 radical (unpaired) electrons. The lowest BCUT2D eigenvalue weighted by Gasteiger charge is -2.13. The van der Waals surface area contributed by atoms with Crippen LogP contribution in [0.5, 0.6) is 11.5 Å². The standard InChI is InChI=1S/C19H19NO4/c1-11(2)14-7-15(18(24)8-17(14)23)19-16(10-22)20(19)13-5-3-12(9-21)4-6-13/h3-11,16,19,23-24H,1-2H3/t16?,19-,20?/m0/s1. The number of hydrogen-bond acceptors (Lipinski definition) is 5. The molecule has 24 heavy (non-hydrogen) atoms. The van der Waals surface area contributed by atoms with Gasteiger partial charge in [0.15, 0.2) is 0 Å². The molecule has 2 aromatic carbocycles. The average Bonchev–Trinajstić information content (AvgIpc) is 3.28. The van der Waals surface area contributed by atoms with E-state index in [9.17, 15) is 19.8 Å². The van der Waals surface area contributed by atoms with Gasteiger partial charge in [-0.15, -0.1) is 0 Å². The van der Waals surface area contributed by atoms with E-state index in [1.54, 1.807) is 30.3 Å². The first-order valence-electron chi connectivity index (χ1n) is 7.82. The van der Waals surface area contributed by atoms with Crippen molar-refractivity contribution in [2.45, 2.75) is 31.8 Å². The predicted molar refractivity (Wildman–Crippen MR) is 90.8 cm³/mol. The molecule has 3 rings (SSSR count). The molecule has 0 spiro atoms. The van der Waals surface area contributed by atoms with Gasteiger partial charge in [0.1, 0.15) is 30.1 Å². The number of phenolic OH excluding ortho intramolecular Hbond substituents is 2. The van der Waals surface area contributed by atoms with Gasteiger partial charge in [-0.2, -0.15) is 0 Å². The largest absolute Gasteiger partial charge is 0.508 e. The number of aromatic hydroxyl groups is 2. The summed E-state index contributed by atoms with van der Waals surface area (Å²) in [6.07, 6.45) is 1.61. The van der Waals surface area contributed by atoms with Crippen molar-refractivity contribution in [3.8, 4) is 11.5 Å². The average molecular weight is 325 g/mol. The maximum Gasteiger partial charge on any atom is 0.150 e. The topological polar surface area (TPSA) is 77.6 Å². The lowest BCUT2D eigenvalue weighted by Crippen LogP contribution is -1.99. The lowest BCUT2D eigenvalue weighted by atomic mass is 9.97. The molecule has 1 aliphatic heterocycles. The van der Waals surface area contributed by atoms with Gasteiger partial charge in [0.25, 0.3) is 0 Å². The Kier molecular flexibility index (Phi) is 4.01. The van der Waals surface area contributed by atoms with Crippen molar-refractivity contribution >= 4 is 18.3 Å². The van der Waals surface area contributed by atoms with Crippen molar-refractivity contribution in [1.29, 1.82) is 0 Å². The molecule has 5 nitrogen and oxygen atoms in total. The van der Waals surface area contributed by atoms with Crippen LogP contribution in [0.2, 0.25) is 0 Å². The second-order valence-electron chi connectivity index (χ2n) is 6.31. The van der Waals surface area contributed by atoms with Gasteiger partial charge in [-0.25, -0.2) is 0 Å². The van der Waals surface area contributed by atoms with Crippen LogP contribution in [0.25, 0.3) is 0 Å². The summed E-state index contributed by atoms with van der Waals surface area (Å²) < 4.78 is 0. The number of aldehydes is 2. The van der Waals surface area contributed by atoms with Crippen LogP contribution in [0.1, 0.15) is 47.3 Å². The number of anilines is 1. The van der Waals surface area contributed by atoms with E-state index in [0.29, 0.717) is 11.1 Å². The number of carbonyl (C=O) groups is 2. The number of benzene rings is 2. The van der Waals surface area contributed by atoms with E-state index in [2.05, 4.69) is 0 Å². The predicted octanol–water partition coefficient (Wildman–Crippen LogP) is 3.16. The SMILES string of the molecule is CC(C)c1cc([C@H]2C(C=O)N2c2ccc(C=O)cc2)c(O)cc1O. The van der Waals surface area contributed by atoms with E-state index in [1.807, 2.05) is 18.7 Å². The molecule has 0 aliphatic carbocycles. The summed E-state index contributed by atoms with van der Waals surface area (Å²) in [7, 11) is 0. The molecule has 1 unspecified atom stereocenters. The summed E-state index contributed by atoms with van der Waals surface area (Å²) in [5.41, 5.74) is 2.72. The molecule has 0 aromatic heterocycles. The van der Waals surface area contributed by atoms with Crippen molar-refractivity contribution in [1.82, 2.24) is 0 Å². The number of nitrogens with zero attached hydrogens (tertiary/aromatic N) is 1. The second kappa shape index (κ2) is 6.00. The third kappa shape index (κ3) is 2.62. The Morgan fingerprint density at radius 2 is 1.71 bits per heavy atom. The van der Waals surface area contributed by atoms with Crippen LogP contribution in [-0.4, -0.2) is 28.8 Å². The number of carbonyl (C=O) groups excluding carboxylic acids is 2. The van der Waals surface area contributed by atoms with Gasteiger partial charge in [0.2, 0.25) is 0 Å². The Labute approximate surface area is 140 Å². The zero-order chi connectivity index (χ0) is 17.4. The molecule has 2 aromatic rings. The fourth-order valence-corrected chi connectivity index (χ4v) is 3.09. The highest BCUT2D eigenvalue weighted by atomic mass is 16.3. The molecule has 124 valence electrons. The molecule has 1 aliphatic rings. The molecule has 5 heteroatoms. The first-order valence-corrected chi connectivity index (χ1v) is 7.82. The minimum atomic E-state index is -0.373. The molecule has 2 N–H and O–H groups in total. The van der Waals surface area contributed by atoms with E-state index in [0.717, 1.165) is 23.8 Å². The summed E-state index contributed by atoms with van der Waals surface area (Å²) in [6.45, 7) is 3.91. The van der Waals surface area contributed by atoms with Gasteiger partial charge >= 0.3 is 0 Å². The van der Waals surface area contributed by atoms with E-state index >= 15 is 0 Å². The Morgan fingerprint density at radius 3 is 2.25 bits per heavy atom. The fourth-order valence-electron chi connectivity index (χ4n) is 3.09. The highest BCUT2D eigenvalue weighted by molar-refractivity contribution is 5.81. The minimum Gasteiger partial charge on any atom is -0.508 e. The van der Waals surface area contributed by atoms with Crippen LogP contribution >= 0.6 is 0 Å². The van der Waals surface area contributed by atoms with Crippen molar-refractivity contribution in [2.24, 2.45) is 0 Å². The van der Waals surface area contributed by atoms with E-state index in [-0.39, 0.29) is 29.5 Å². The summed E-state index contributed by atoms with van der Waals surface area (Å²) in [5.74, 6) is 0.121. The summed E-state index contributed by atoms with van der Waals surface area (Å²) in [5, 5.41) is 20.2. The molecule has 1 heterocycles. The van der Waals surface area contributed by atoms with Gasteiger partial charge in [0, 0.05) is 22.9 Å². The first-order chi connectivity index (χ1) is 11.5. The summed E-state index contributed by atoms with van der Waals surface area (Å²) >= 11 is 0. The Morgan fingerprint density at radius 1 is 1.04 bits per heavy atom. The molecule has 0 bridgehead atoms. The maximum absolute atomic E-state index is 11.4. The Balaban J connectivity index is 1.98. The monoisotopic (exact) mass is 325 g/mol. The Bertz CT molecular complexity index is 783. The van der Waals surface area contributed by atoms with Gasteiger partial charge in [-0.1, -0.05) is 13.8 Å².